The molecule has 1 heterocycles. The fraction of sp³-hybridized carbons (Fsp3) is 1.00. The predicted octanol–water partition coefficient (Wildman–Crippen LogP) is 2.29. The van der Waals surface area contributed by atoms with Crippen LogP contribution < -0.4 is 0 Å². The van der Waals surface area contributed by atoms with Crippen molar-refractivity contribution in [2.75, 3.05) is 39.5 Å². The van der Waals surface area contributed by atoms with Crippen LogP contribution in [0.15, 0.2) is 0 Å². The van der Waals surface area contributed by atoms with E-state index in [-0.39, 0.29) is 0 Å². The summed E-state index contributed by atoms with van der Waals surface area (Å²) >= 11 is 0. The third-order valence-electron chi connectivity index (χ3n) is 3.65. The summed E-state index contributed by atoms with van der Waals surface area (Å²) < 4.78 is 5.33. The highest BCUT2D eigenvalue weighted by Crippen LogP contribution is 2.15. The molecule has 0 unspecified atom stereocenters. The van der Waals surface area contributed by atoms with Gasteiger partial charge >= 0.3 is 0 Å². The average Bonchev–Trinajstić information content (AvgIpc) is 2.38. The summed E-state index contributed by atoms with van der Waals surface area (Å²) in [6, 6.07) is 0. The summed E-state index contributed by atoms with van der Waals surface area (Å²) in [6.07, 6.45) is 7.45. The van der Waals surface area contributed by atoms with Crippen molar-refractivity contribution < 1.29 is 9.84 Å². The number of ether oxygens (including phenoxy) is 1. The monoisotopic (exact) mass is 243 g/mol. The van der Waals surface area contributed by atoms with Crippen molar-refractivity contribution in [2.24, 2.45) is 5.92 Å². The van der Waals surface area contributed by atoms with Gasteiger partial charge in [0.15, 0.2) is 0 Å². The third kappa shape index (κ3) is 7.02. The second kappa shape index (κ2) is 9.86. The number of nitrogens with zero attached hydrogens (tertiary/aromatic N) is 1. The van der Waals surface area contributed by atoms with E-state index in [9.17, 15) is 5.11 Å². The summed E-state index contributed by atoms with van der Waals surface area (Å²) in [5.74, 6) is 0.545. The minimum Gasteiger partial charge on any atom is -0.396 e. The van der Waals surface area contributed by atoms with E-state index >= 15 is 0 Å². The zero-order valence-electron chi connectivity index (χ0n) is 11.4. The van der Waals surface area contributed by atoms with Crippen LogP contribution in [0.3, 0.4) is 0 Å². The average molecular weight is 243 g/mol. The van der Waals surface area contributed by atoms with E-state index in [1.165, 1.54) is 45.1 Å². The van der Waals surface area contributed by atoms with Crippen molar-refractivity contribution in [3.8, 4) is 0 Å². The Balaban J connectivity index is 1.92. The first-order valence-electron chi connectivity index (χ1n) is 7.27. The summed E-state index contributed by atoms with van der Waals surface area (Å²) in [7, 11) is 0. The van der Waals surface area contributed by atoms with Crippen LogP contribution >= 0.6 is 0 Å². The number of aliphatic hydroxyl groups excluding tert-OH is 1. The van der Waals surface area contributed by atoms with E-state index in [4.69, 9.17) is 4.74 Å². The van der Waals surface area contributed by atoms with Gasteiger partial charge in [0, 0.05) is 19.7 Å². The molecule has 1 atom stereocenters. The van der Waals surface area contributed by atoms with Crippen LogP contribution in [0.1, 0.15) is 45.4 Å². The van der Waals surface area contributed by atoms with Crippen molar-refractivity contribution >= 4 is 0 Å². The fourth-order valence-corrected chi connectivity index (χ4v) is 2.51. The molecule has 0 bridgehead atoms. The second-order valence-corrected chi connectivity index (χ2v) is 5.14. The predicted molar refractivity (Wildman–Crippen MR) is 71.2 cm³/mol. The van der Waals surface area contributed by atoms with Crippen LogP contribution in [0.2, 0.25) is 0 Å². The van der Waals surface area contributed by atoms with Gasteiger partial charge in [-0.25, -0.2) is 0 Å². The molecule has 1 aliphatic heterocycles. The summed E-state index contributed by atoms with van der Waals surface area (Å²) in [5, 5.41) is 9.20. The Morgan fingerprint density at radius 1 is 1.12 bits per heavy atom. The molecule has 0 aromatic rings. The van der Waals surface area contributed by atoms with Crippen LogP contribution in [-0.2, 0) is 4.74 Å². The SMILES string of the molecule is CCC[C@@H](CO)CCCCCN1CCOCC1. The van der Waals surface area contributed by atoms with Gasteiger partial charge in [0.25, 0.3) is 0 Å². The molecule has 1 aliphatic rings. The third-order valence-corrected chi connectivity index (χ3v) is 3.65. The normalized spacial score (nSPS) is 19.4. The fourth-order valence-electron chi connectivity index (χ4n) is 2.51. The largest absolute Gasteiger partial charge is 0.396 e. The van der Waals surface area contributed by atoms with Crippen molar-refractivity contribution in [3.63, 3.8) is 0 Å². The highest BCUT2D eigenvalue weighted by atomic mass is 16.5. The van der Waals surface area contributed by atoms with E-state index in [2.05, 4.69) is 11.8 Å². The van der Waals surface area contributed by atoms with Crippen LogP contribution in [0.25, 0.3) is 0 Å². The maximum Gasteiger partial charge on any atom is 0.0594 e. The summed E-state index contributed by atoms with van der Waals surface area (Å²) in [5.41, 5.74) is 0. The van der Waals surface area contributed by atoms with E-state index in [0.717, 1.165) is 26.3 Å². The van der Waals surface area contributed by atoms with Gasteiger partial charge in [-0.2, -0.15) is 0 Å². The molecular weight excluding hydrogens is 214 g/mol. The topological polar surface area (TPSA) is 32.7 Å². The highest BCUT2D eigenvalue weighted by Gasteiger charge is 2.09. The Kier molecular flexibility index (Phi) is 8.67. The smallest absolute Gasteiger partial charge is 0.0594 e. The molecule has 102 valence electrons. The van der Waals surface area contributed by atoms with E-state index in [1.54, 1.807) is 0 Å². The molecule has 0 spiro atoms. The summed E-state index contributed by atoms with van der Waals surface area (Å²) in [6.45, 7) is 7.82. The molecule has 1 fully saturated rings. The maximum atomic E-state index is 9.20. The van der Waals surface area contributed by atoms with E-state index in [1.807, 2.05) is 0 Å². The number of aliphatic hydroxyl groups is 1. The molecule has 1 rings (SSSR count). The van der Waals surface area contributed by atoms with Gasteiger partial charge in [-0.1, -0.05) is 26.2 Å². The first-order chi connectivity index (χ1) is 8.36. The van der Waals surface area contributed by atoms with Crippen molar-refractivity contribution in [2.45, 2.75) is 45.4 Å². The van der Waals surface area contributed by atoms with Crippen LogP contribution in [0.4, 0.5) is 0 Å². The standard InChI is InChI=1S/C14H29NO2/c1-2-6-14(13-16)7-4-3-5-8-15-9-11-17-12-10-15/h14,16H,2-13H2,1H3/t14-/m1/s1. The Morgan fingerprint density at radius 2 is 1.88 bits per heavy atom. The molecule has 0 aliphatic carbocycles. The lowest BCUT2D eigenvalue weighted by Gasteiger charge is -2.26. The Hall–Kier alpha value is -0.120. The maximum absolute atomic E-state index is 9.20. The van der Waals surface area contributed by atoms with Crippen molar-refractivity contribution in [3.05, 3.63) is 0 Å². The molecule has 1 N–H and O–H groups in total. The second-order valence-electron chi connectivity index (χ2n) is 5.14. The molecule has 1 saturated heterocycles. The number of rotatable bonds is 9. The number of morpholine rings is 1. The first-order valence-corrected chi connectivity index (χ1v) is 7.27. The van der Waals surface area contributed by atoms with Crippen molar-refractivity contribution in [1.29, 1.82) is 0 Å². The molecule has 3 nitrogen and oxygen atoms in total. The minimum absolute atomic E-state index is 0.372. The quantitative estimate of drug-likeness (QED) is 0.631. The van der Waals surface area contributed by atoms with Gasteiger partial charge in [0.05, 0.1) is 13.2 Å². The Labute approximate surface area is 106 Å². The molecular formula is C14H29NO2. The minimum atomic E-state index is 0.372. The number of hydrogen-bond acceptors (Lipinski definition) is 3. The van der Waals surface area contributed by atoms with Gasteiger partial charge in [0.2, 0.25) is 0 Å². The lowest BCUT2D eigenvalue weighted by Crippen LogP contribution is -2.36. The van der Waals surface area contributed by atoms with E-state index < -0.39 is 0 Å². The summed E-state index contributed by atoms with van der Waals surface area (Å²) in [4.78, 5) is 2.50. The van der Waals surface area contributed by atoms with E-state index in [0.29, 0.717) is 12.5 Å². The number of hydrogen-bond donors (Lipinski definition) is 1. The lowest BCUT2D eigenvalue weighted by molar-refractivity contribution is 0.0370. The van der Waals surface area contributed by atoms with Gasteiger partial charge in [-0.05, 0) is 31.7 Å². The highest BCUT2D eigenvalue weighted by molar-refractivity contribution is 4.62. The molecule has 3 heteroatoms. The van der Waals surface area contributed by atoms with Gasteiger partial charge in [0.1, 0.15) is 0 Å². The first kappa shape index (κ1) is 14.9. The van der Waals surface area contributed by atoms with Crippen molar-refractivity contribution in [1.82, 2.24) is 4.90 Å². The molecule has 0 radical (unpaired) electrons. The van der Waals surface area contributed by atoms with Gasteiger partial charge < -0.3 is 9.84 Å². The van der Waals surface area contributed by atoms with Gasteiger partial charge in [-0.3, -0.25) is 4.90 Å². The molecule has 17 heavy (non-hydrogen) atoms. The zero-order valence-corrected chi connectivity index (χ0v) is 11.4. The van der Waals surface area contributed by atoms with Crippen LogP contribution in [0, 0.1) is 5.92 Å². The molecule has 0 aromatic heterocycles. The Morgan fingerprint density at radius 3 is 2.53 bits per heavy atom. The van der Waals surface area contributed by atoms with Crippen LogP contribution in [0.5, 0.6) is 0 Å². The molecule has 0 amide bonds. The molecule has 0 aromatic carbocycles. The van der Waals surface area contributed by atoms with Gasteiger partial charge in [-0.15, -0.1) is 0 Å². The van der Waals surface area contributed by atoms with Crippen LogP contribution in [-0.4, -0.2) is 49.5 Å². The zero-order chi connectivity index (χ0) is 12.3. The number of unbranched alkanes of at least 4 members (excludes halogenated alkanes) is 2. The Bertz CT molecular complexity index is 163. The lowest BCUT2D eigenvalue weighted by atomic mass is 9.97. The molecule has 0 saturated carbocycles.